The number of sulfone groups is 1. The average molecular weight is 386 g/mol. The molecule has 0 radical (unpaired) electrons. The molecule has 3 aromatic carbocycles. The Morgan fingerprint density at radius 1 is 0.786 bits per heavy atom. The Kier molecular flexibility index (Phi) is 3.58. The van der Waals surface area contributed by atoms with Gasteiger partial charge in [-0.2, -0.15) is 5.10 Å². The summed E-state index contributed by atoms with van der Waals surface area (Å²) in [7, 11) is -3.44. The normalized spacial score (nSPS) is 13.9. The van der Waals surface area contributed by atoms with E-state index in [1.807, 2.05) is 73.1 Å². The number of nitrogens with zero attached hydrogens (tertiary/aromatic N) is 2. The summed E-state index contributed by atoms with van der Waals surface area (Å²) in [5.74, 6) is 0. The van der Waals surface area contributed by atoms with Gasteiger partial charge in [0, 0.05) is 22.4 Å². The van der Waals surface area contributed by atoms with Gasteiger partial charge in [-0.05, 0) is 49.7 Å². The standard InChI is InChI=1S/C23H18N2O2S/c1-15-23(16(2)25(24-15)18-8-4-3-5-9-18)17-12-13-22-20(14-17)19-10-6-7-11-21(19)28(22,26)27/h3-14H,1-2H3. The molecular weight excluding hydrogens is 368 g/mol. The van der Waals surface area contributed by atoms with E-state index in [2.05, 4.69) is 0 Å². The summed E-state index contributed by atoms with van der Waals surface area (Å²) < 4.78 is 27.6. The van der Waals surface area contributed by atoms with Crippen LogP contribution in [-0.2, 0) is 9.84 Å². The molecule has 0 saturated heterocycles. The smallest absolute Gasteiger partial charge is 0.207 e. The number of benzene rings is 3. The van der Waals surface area contributed by atoms with Crippen LogP contribution in [0.25, 0.3) is 27.9 Å². The van der Waals surface area contributed by atoms with Gasteiger partial charge in [0.15, 0.2) is 0 Å². The number of aromatic nitrogens is 2. The van der Waals surface area contributed by atoms with Gasteiger partial charge in [0.25, 0.3) is 0 Å². The predicted octanol–water partition coefficient (Wildman–Crippen LogP) is 4.97. The maximum absolute atomic E-state index is 12.8. The lowest BCUT2D eigenvalue weighted by Gasteiger charge is -2.07. The summed E-state index contributed by atoms with van der Waals surface area (Å²) >= 11 is 0. The second-order valence-electron chi connectivity index (χ2n) is 7.00. The Morgan fingerprint density at radius 2 is 1.46 bits per heavy atom. The number of hydrogen-bond donors (Lipinski definition) is 0. The summed E-state index contributed by atoms with van der Waals surface area (Å²) in [5.41, 5.74) is 6.48. The van der Waals surface area contributed by atoms with Crippen LogP contribution in [0.4, 0.5) is 0 Å². The Balaban J connectivity index is 1.72. The first-order chi connectivity index (χ1) is 13.5. The summed E-state index contributed by atoms with van der Waals surface area (Å²) in [5, 5.41) is 4.72. The molecular formula is C23H18N2O2S. The Hall–Kier alpha value is -3.18. The molecule has 0 aliphatic carbocycles. The lowest BCUT2D eigenvalue weighted by atomic mass is 9.98. The molecule has 5 rings (SSSR count). The highest BCUT2D eigenvalue weighted by Crippen LogP contribution is 2.45. The third-order valence-electron chi connectivity index (χ3n) is 5.32. The highest BCUT2D eigenvalue weighted by atomic mass is 32.2. The van der Waals surface area contributed by atoms with E-state index in [0.29, 0.717) is 9.79 Å². The van der Waals surface area contributed by atoms with Gasteiger partial charge in [-0.15, -0.1) is 0 Å². The van der Waals surface area contributed by atoms with Crippen LogP contribution in [0.3, 0.4) is 0 Å². The van der Waals surface area contributed by atoms with Crippen molar-refractivity contribution < 1.29 is 8.42 Å². The van der Waals surface area contributed by atoms with Gasteiger partial charge in [0.1, 0.15) is 0 Å². The van der Waals surface area contributed by atoms with E-state index >= 15 is 0 Å². The molecule has 1 aromatic heterocycles. The third kappa shape index (κ3) is 2.29. The molecule has 0 N–H and O–H groups in total. The number of rotatable bonds is 2. The highest BCUT2D eigenvalue weighted by molar-refractivity contribution is 7.92. The van der Waals surface area contributed by atoms with Crippen molar-refractivity contribution in [3.63, 3.8) is 0 Å². The average Bonchev–Trinajstić information content (AvgIpc) is 3.13. The van der Waals surface area contributed by atoms with Crippen molar-refractivity contribution in [2.24, 2.45) is 0 Å². The van der Waals surface area contributed by atoms with Crippen molar-refractivity contribution >= 4 is 9.84 Å². The van der Waals surface area contributed by atoms with Crippen LogP contribution < -0.4 is 0 Å². The maximum Gasteiger partial charge on any atom is 0.207 e. The molecule has 138 valence electrons. The summed E-state index contributed by atoms with van der Waals surface area (Å²) in [6, 6.07) is 22.8. The summed E-state index contributed by atoms with van der Waals surface area (Å²) in [6.45, 7) is 4.03. The minimum Gasteiger partial charge on any atom is -0.237 e. The first kappa shape index (κ1) is 17.0. The molecule has 2 heterocycles. The lowest BCUT2D eigenvalue weighted by molar-refractivity contribution is 0.598. The van der Waals surface area contributed by atoms with Gasteiger partial charge in [-0.3, -0.25) is 0 Å². The molecule has 28 heavy (non-hydrogen) atoms. The van der Waals surface area contributed by atoms with E-state index in [0.717, 1.165) is 39.3 Å². The predicted molar refractivity (Wildman–Crippen MR) is 109 cm³/mol. The monoisotopic (exact) mass is 386 g/mol. The van der Waals surface area contributed by atoms with Crippen molar-refractivity contribution in [3.8, 4) is 27.9 Å². The number of hydrogen-bond acceptors (Lipinski definition) is 3. The fraction of sp³-hybridized carbons (Fsp3) is 0.0870. The summed E-state index contributed by atoms with van der Waals surface area (Å²) in [6.07, 6.45) is 0. The molecule has 0 atom stereocenters. The topological polar surface area (TPSA) is 52.0 Å². The molecule has 4 nitrogen and oxygen atoms in total. The van der Waals surface area contributed by atoms with Crippen LogP contribution in [0, 0.1) is 13.8 Å². The van der Waals surface area contributed by atoms with Gasteiger partial charge in [0.05, 0.1) is 21.2 Å². The van der Waals surface area contributed by atoms with Crippen molar-refractivity contribution in [1.82, 2.24) is 9.78 Å². The maximum atomic E-state index is 12.8. The van der Waals surface area contributed by atoms with E-state index in [4.69, 9.17) is 5.10 Å². The lowest BCUT2D eigenvalue weighted by Crippen LogP contribution is -1.98. The van der Waals surface area contributed by atoms with Gasteiger partial charge in [0.2, 0.25) is 9.84 Å². The zero-order valence-corrected chi connectivity index (χ0v) is 16.4. The number of aryl methyl sites for hydroxylation is 1. The van der Waals surface area contributed by atoms with E-state index in [1.165, 1.54) is 0 Å². The molecule has 0 unspecified atom stereocenters. The second-order valence-corrected chi connectivity index (χ2v) is 8.89. The van der Waals surface area contributed by atoms with Crippen LogP contribution in [-0.4, -0.2) is 18.2 Å². The van der Waals surface area contributed by atoms with Crippen molar-refractivity contribution in [3.05, 3.63) is 84.2 Å². The van der Waals surface area contributed by atoms with Gasteiger partial charge in [-0.25, -0.2) is 13.1 Å². The highest BCUT2D eigenvalue weighted by Gasteiger charge is 2.33. The van der Waals surface area contributed by atoms with Gasteiger partial charge in [-0.1, -0.05) is 42.5 Å². The molecule has 0 spiro atoms. The first-order valence-electron chi connectivity index (χ1n) is 9.09. The molecule has 1 aliphatic heterocycles. The van der Waals surface area contributed by atoms with Gasteiger partial charge >= 0.3 is 0 Å². The van der Waals surface area contributed by atoms with E-state index < -0.39 is 9.84 Å². The van der Waals surface area contributed by atoms with E-state index in [9.17, 15) is 8.42 Å². The fourth-order valence-corrected chi connectivity index (χ4v) is 5.72. The van der Waals surface area contributed by atoms with Crippen LogP contribution in [0.5, 0.6) is 0 Å². The first-order valence-corrected chi connectivity index (χ1v) is 10.6. The van der Waals surface area contributed by atoms with Crippen molar-refractivity contribution in [1.29, 1.82) is 0 Å². The minimum absolute atomic E-state index is 0.378. The van der Waals surface area contributed by atoms with Crippen molar-refractivity contribution in [2.45, 2.75) is 23.6 Å². The van der Waals surface area contributed by atoms with Crippen LogP contribution in [0.1, 0.15) is 11.4 Å². The van der Waals surface area contributed by atoms with Crippen LogP contribution in [0.15, 0.2) is 82.6 Å². The molecule has 4 aromatic rings. The summed E-state index contributed by atoms with van der Waals surface area (Å²) in [4.78, 5) is 0.763. The van der Waals surface area contributed by atoms with E-state index in [-0.39, 0.29) is 0 Å². The Labute approximate surface area is 164 Å². The molecule has 5 heteroatoms. The van der Waals surface area contributed by atoms with Crippen LogP contribution >= 0.6 is 0 Å². The molecule has 0 bridgehead atoms. The molecule has 1 aliphatic rings. The Morgan fingerprint density at radius 3 is 2.25 bits per heavy atom. The molecule has 0 fully saturated rings. The fourth-order valence-electron chi connectivity index (χ4n) is 4.05. The zero-order valence-electron chi connectivity index (χ0n) is 15.5. The van der Waals surface area contributed by atoms with Crippen molar-refractivity contribution in [2.75, 3.05) is 0 Å². The molecule has 0 amide bonds. The number of fused-ring (bicyclic) bond motifs is 3. The second kappa shape index (κ2) is 5.91. The SMILES string of the molecule is Cc1nn(-c2ccccc2)c(C)c1-c1ccc2c(c1)-c1ccccc1S2(=O)=O. The van der Waals surface area contributed by atoms with Crippen LogP contribution in [0.2, 0.25) is 0 Å². The third-order valence-corrected chi connectivity index (χ3v) is 7.19. The quantitative estimate of drug-likeness (QED) is 0.430. The minimum atomic E-state index is -3.44. The largest absolute Gasteiger partial charge is 0.237 e. The van der Waals surface area contributed by atoms with Gasteiger partial charge < -0.3 is 0 Å². The van der Waals surface area contributed by atoms with E-state index in [1.54, 1.807) is 18.2 Å². The zero-order chi connectivity index (χ0) is 19.5. The molecule has 0 saturated carbocycles. The Bertz CT molecular complexity index is 1340. The number of para-hydroxylation sites is 1.